The first kappa shape index (κ1) is 13.5. The lowest BCUT2D eigenvalue weighted by Gasteiger charge is -2.05. The van der Waals surface area contributed by atoms with Crippen molar-refractivity contribution in [2.24, 2.45) is 5.92 Å². The summed E-state index contributed by atoms with van der Waals surface area (Å²) in [7, 11) is 0. The molecule has 0 amide bonds. The van der Waals surface area contributed by atoms with Crippen molar-refractivity contribution >= 4 is 0 Å². The first-order chi connectivity index (χ1) is 10.9. The van der Waals surface area contributed by atoms with Gasteiger partial charge in [-0.05, 0) is 49.9 Å². The average molecular weight is 293 g/mol. The van der Waals surface area contributed by atoms with Gasteiger partial charge in [-0.3, -0.25) is 0 Å². The Morgan fingerprint density at radius 2 is 2.05 bits per heavy atom. The van der Waals surface area contributed by atoms with Crippen molar-refractivity contribution in [3.63, 3.8) is 0 Å². The number of nitrogens with zero attached hydrogens (tertiary/aromatic N) is 3. The standard InChI is InChI=1S/C18H19N3O/c1-2-18(22-11-1)12-16-13-21(20-19-16)17-9-7-15(8-10-17)6-5-14-3-4-14/h7-10,13-14,18H,1-4,11-12H2/t18-/m1/s1. The van der Waals surface area contributed by atoms with Gasteiger partial charge in [0, 0.05) is 24.5 Å². The van der Waals surface area contributed by atoms with E-state index in [2.05, 4.69) is 22.2 Å². The summed E-state index contributed by atoms with van der Waals surface area (Å²) in [6.07, 6.45) is 7.96. The Morgan fingerprint density at radius 3 is 2.77 bits per heavy atom. The summed E-state index contributed by atoms with van der Waals surface area (Å²) in [6, 6.07) is 8.18. The monoisotopic (exact) mass is 293 g/mol. The zero-order valence-corrected chi connectivity index (χ0v) is 12.5. The third-order valence-corrected chi connectivity index (χ3v) is 4.13. The maximum absolute atomic E-state index is 5.65. The fourth-order valence-corrected chi connectivity index (χ4v) is 2.67. The van der Waals surface area contributed by atoms with Gasteiger partial charge < -0.3 is 4.74 Å². The Balaban J connectivity index is 1.44. The van der Waals surface area contributed by atoms with E-state index in [9.17, 15) is 0 Å². The molecule has 0 unspecified atom stereocenters. The topological polar surface area (TPSA) is 39.9 Å². The molecule has 0 bridgehead atoms. The minimum Gasteiger partial charge on any atom is -0.378 e. The quantitative estimate of drug-likeness (QED) is 0.817. The van der Waals surface area contributed by atoms with Crippen LogP contribution in [0, 0.1) is 17.8 Å². The summed E-state index contributed by atoms with van der Waals surface area (Å²) >= 11 is 0. The lowest BCUT2D eigenvalue weighted by Crippen LogP contribution is -2.08. The average Bonchev–Trinajstić information content (AvgIpc) is 3.03. The number of rotatable bonds is 3. The van der Waals surface area contributed by atoms with Gasteiger partial charge in [0.2, 0.25) is 0 Å². The van der Waals surface area contributed by atoms with Crippen LogP contribution in [-0.4, -0.2) is 27.7 Å². The van der Waals surface area contributed by atoms with Crippen LogP contribution >= 0.6 is 0 Å². The fraction of sp³-hybridized carbons (Fsp3) is 0.444. The second-order valence-corrected chi connectivity index (χ2v) is 6.08. The van der Waals surface area contributed by atoms with Gasteiger partial charge >= 0.3 is 0 Å². The Kier molecular flexibility index (Phi) is 3.65. The molecule has 112 valence electrons. The van der Waals surface area contributed by atoms with Crippen molar-refractivity contribution in [1.29, 1.82) is 0 Å². The number of hydrogen-bond acceptors (Lipinski definition) is 3. The molecule has 1 aromatic heterocycles. The highest BCUT2D eigenvalue weighted by atomic mass is 16.5. The first-order valence-electron chi connectivity index (χ1n) is 8.02. The zero-order chi connectivity index (χ0) is 14.8. The Morgan fingerprint density at radius 1 is 1.18 bits per heavy atom. The molecule has 1 aliphatic carbocycles. The molecule has 4 heteroatoms. The summed E-state index contributed by atoms with van der Waals surface area (Å²) in [5, 5.41) is 8.47. The van der Waals surface area contributed by atoms with Crippen LogP contribution in [0.4, 0.5) is 0 Å². The summed E-state index contributed by atoms with van der Waals surface area (Å²) in [4.78, 5) is 0. The van der Waals surface area contributed by atoms with Crippen molar-refractivity contribution in [1.82, 2.24) is 15.0 Å². The van der Waals surface area contributed by atoms with E-state index in [1.807, 2.05) is 35.1 Å². The van der Waals surface area contributed by atoms with Crippen LogP contribution in [0.15, 0.2) is 30.5 Å². The first-order valence-corrected chi connectivity index (χ1v) is 8.02. The Bertz CT molecular complexity index is 698. The lowest BCUT2D eigenvalue weighted by atomic mass is 10.1. The van der Waals surface area contributed by atoms with E-state index in [0.29, 0.717) is 12.0 Å². The van der Waals surface area contributed by atoms with Crippen LogP contribution in [0.3, 0.4) is 0 Å². The van der Waals surface area contributed by atoms with E-state index in [0.717, 1.165) is 42.8 Å². The summed E-state index contributed by atoms with van der Waals surface area (Å²) in [6.45, 7) is 0.877. The van der Waals surface area contributed by atoms with Gasteiger partial charge in [-0.15, -0.1) is 5.10 Å². The summed E-state index contributed by atoms with van der Waals surface area (Å²) in [5.41, 5.74) is 3.07. The van der Waals surface area contributed by atoms with E-state index < -0.39 is 0 Å². The summed E-state index contributed by atoms with van der Waals surface area (Å²) in [5.74, 6) is 7.14. The van der Waals surface area contributed by atoms with Crippen molar-refractivity contribution in [2.45, 2.75) is 38.2 Å². The molecule has 1 saturated heterocycles. The molecular formula is C18H19N3O. The molecular weight excluding hydrogens is 274 g/mol. The molecule has 1 aromatic carbocycles. The van der Waals surface area contributed by atoms with E-state index in [4.69, 9.17) is 4.74 Å². The smallest absolute Gasteiger partial charge is 0.0857 e. The minimum absolute atomic E-state index is 0.310. The molecule has 2 heterocycles. The van der Waals surface area contributed by atoms with E-state index in [1.165, 1.54) is 12.8 Å². The van der Waals surface area contributed by atoms with Crippen LogP contribution in [0.5, 0.6) is 0 Å². The predicted molar refractivity (Wildman–Crippen MR) is 83.6 cm³/mol. The maximum Gasteiger partial charge on any atom is 0.0857 e. The van der Waals surface area contributed by atoms with Crippen molar-refractivity contribution in [3.05, 3.63) is 41.7 Å². The highest BCUT2D eigenvalue weighted by Crippen LogP contribution is 2.27. The molecule has 1 atom stereocenters. The molecule has 0 N–H and O–H groups in total. The second kappa shape index (κ2) is 5.94. The van der Waals surface area contributed by atoms with E-state index >= 15 is 0 Å². The molecule has 4 rings (SSSR count). The Hall–Kier alpha value is -2.12. The highest BCUT2D eigenvalue weighted by molar-refractivity contribution is 5.41. The van der Waals surface area contributed by atoms with E-state index in [-0.39, 0.29) is 0 Å². The summed E-state index contributed by atoms with van der Waals surface area (Å²) < 4.78 is 7.47. The van der Waals surface area contributed by atoms with Crippen LogP contribution in [0.1, 0.15) is 36.9 Å². The minimum atomic E-state index is 0.310. The molecule has 0 radical (unpaired) electrons. The maximum atomic E-state index is 5.65. The normalized spacial score (nSPS) is 20.6. The van der Waals surface area contributed by atoms with Crippen molar-refractivity contribution < 1.29 is 4.74 Å². The number of ether oxygens (including phenoxy) is 1. The van der Waals surface area contributed by atoms with E-state index in [1.54, 1.807) is 0 Å². The molecule has 2 aromatic rings. The van der Waals surface area contributed by atoms with Crippen molar-refractivity contribution in [3.8, 4) is 17.5 Å². The predicted octanol–water partition coefficient (Wildman–Crippen LogP) is 2.75. The number of benzene rings is 1. The molecule has 0 spiro atoms. The van der Waals surface area contributed by atoms with Gasteiger partial charge in [0.05, 0.1) is 23.7 Å². The molecule has 1 saturated carbocycles. The Labute approximate surface area is 130 Å². The van der Waals surface area contributed by atoms with Crippen LogP contribution in [-0.2, 0) is 11.2 Å². The number of hydrogen-bond donors (Lipinski definition) is 0. The highest BCUT2D eigenvalue weighted by Gasteiger charge is 2.18. The third-order valence-electron chi connectivity index (χ3n) is 4.13. The molecule has 4 nitrogen and oxygen atoms in total. The largest absolute Gasteiger partial charge is 0.378 e. The molecule has 2 fully saturated rings. The van der Waals surface area contributed by atoms with Gasteiger partial charge in [0.25, 0.3) is 0 Å². The van der Waals surface area contributed by atoms with Gasteiger partial charge in [-0.2, -0.15) is 0 Å². The molecule has 2 aliphatic rings. The van der Waals surface area contributed by atoms with Gasteiger partial charge in [0.15, 0.2) is 0 Å². The second-order valence-electron chi connectivity index (χ2n) is 6.08. The fourth-order valence-electron chi connectivity index (χ4n) is 2.67. The lowest BCUT2D eigenvalue weighted by molar-refractivity contribution is 0.110. The molecule has 1 aliphatic heterocycles. The SMILES string of the molecule is C(#CC1CC1)c1ccc(-n2cc(C[C@H]3CCCO3)nn2)cc1. The van der Waals surface area contributed by atoms with Gasteiger partial charge in [-0.25, -0.2) is 4.68 Å². The van der Waals surface area contributed by atoms with Crippen LogP contribution in [0.25, 0.3) is 5.69 Å². The zero-order valence-electron chi connectivity index (χ0n) is 12.5. The van der Waals surface area contributed by atoms with Crippen LogP contribution in [0.2, 0.25) is 0 Å². The number of aromatic nitrogens is 3. The van der Waals surface area contributed by atoms with Gasteiger partial charge in [0.1, 0.15) is 0 Å². The van der Waals surface area contributed by atoms with Gasteiger partial charge in [-0.1, -0.05) is 17.1 Å². The third kappa shape index (κ3) is 3.20. The molecule has 22 heavy (non-hydrogen) atoms. The van der Waals surface area contributed by atoms with Crippen LogP contribution < -0.4 is 0 Å². The van der Waals surface area contributed by atoms with Crippen molar-refractivity contribution in [2.75, 3.05) is 6.61 Å².